The van der Waals surface area contributed by atoms with E-state index in [0.717, 1.165) is 0 Å². The first-order valence-electron chi connectivity index (χ1n) is 7.93. The van der Waals surface area contributed by atoms with Gasteiger partial charge in [-0.1, -0.05) is 0 Å². The van der Waals surface area contributed by atoms with Crippen LogP contribution in [-0.4, -0.2) is 129 Å². The first kappa shape index (κ1) is 19.0. The molecule has 0 aromatic carbocycles. The van der Waals surface area contributed by atoms with Crippen LogP contribution in [0.25, 0.3) is 0 Å². The highest BCUT2D eigenvalue weighted by Gasteiger charge is 2.47. The number of hydrogen-bond donors (Lipinski definition) is 7. The van der Waals surface area contributed by atoms with E-state index in [2.05, 4.69) is 5.32 Å². The average Bonchev–Trinajstić information content (AvgIpc) is 2.85. The van der Waals surface area contributed by atoms with Gasteiger partial charge in [0.25, 0.3) is 0 Å². The van der Waals surface area contributed by atoms with Crippen LogP contribution in [0.1, 0.15) is 0 Å². The second-order valence-corrected chi connectivity index (χ2v) is 6.59. The maximum Gasteiger partial charge on any atom is 0.0992 e. The first-order chi connectivity index (χ1) is 10.8. The minimum atomic E-state index is -1.00. The van der Waals surface area contributed by atoms with E-state index >= 15 is 0 Å². The molecule has 23 heavy (non-hydrogen) atoms. The summed E-state index contributed by atoms with van der Waals surface area (Å²) in [5, 5.41) is 61.6. The van der Waals surface area contributed by atoms with E-state index in [4.69, 9.17) is 0 Å². The minimum Gasteiger partial charge on any atom is -0.395 e. The molecule has 9 nitrogen and oxygen atoms in total. The fourth-order valence-corrected chi connectivity index (χ4v) is 3.75. The monoisotopic (exact) mass is 335 g/mol. The predicted octanol–water partition coefficient (Wildman–Crippen LogP) is -4.63. The zero-order chi connectivity index (χ0) is 17.3. The van der Waals surface area contributed by atoms with E-state index in [9.17, 15) is 30.6 Å². The molecule has 2 heterocycles. The third-order valence-electron chi connectivity index (χ3n) is 5.45. The molecule has 0 radical (unpaired) electrons. The molecule has 2 saturated heterocycles. The molecule has 0 amide bonds. The fourth-order valence-electron chi connectivity index (χ4n) is 3.75. The van der Waals surface area contributed by atoms with Crippen LogP contribution < -0.4 is 5.32 Å². The van der Waals surface area contributed by atoms with Gasteiger partial charge in [0.15, 0.2) is 0 Å². The van der Waals surface area contributed by atoms with Gasteiger partial charge in [-0.2, -0.15) is 0 Å². The molecule has 2 aliphatic rings. The van der Waals surface area contributed by atoms with Crippen LogP contribution in [0.15, 0.2) is 0 Å². The number of likely N-dealkylation sites (N-methyl/N-ethyl adjacent to an activating group) is 2. The van der Waals surface area contributed by atoms with Crippen molar-refractivity contribution in [1.82, 2.24) is 15.1 Å². The first-order valence-corrected chi connectivity index (χ1v) is 7.93. The van der Waals surface area contributed by atoms with E-state index in [0.29, 0.717) is 13.1 Å². The van der Waals surface area contributed by atoms with Crippen molar-refractivity contribution in [2.45, 2.75) is 48.6 Å². The Morgan fingerprint density at radius 1 is 0.652 bits per heavy atom. The van der Waals surface area contributed by atoms with Gasteiger partial charge in [0.2, 0.25) is 0 Å². The predicted molar refractivity (Wildman–Crippen MR) is 81.7 cm³/mol. The Labute approximate surface area is 135 Å². The maximum absolute atomic E-state index is 10.1. The van der Waals surface area contributed by atoms with Gasteiger partial charge >= 0.3 is 0 Å². The lowest BCUT2D eigenvalue weighted by atomic mass is 10.1. The summed E-state index contributed by atoms with van der Waals surface area (Å²) < 4.78 is 0. The lowest BCUT2D eigenvalue weighted by Crippen LogP contribution is -2.49. The van der Waals surface area contributed by atoms with Crippen LogP contribution >= 0.6 is 0 Å². The molecule has 0 saturated carbocycles. The van der Waals surface area contributed by atoms with Crippen LogP contribution in [0.4, 0.5) is 0 Å². The number of nitrogens with one attached hydrogen (secondary N) is 1. The van der Waals surface area contributed by atoms with Crippen LogP contribution in [0.5, 0.6) is 0 Å². The van der Waals surface area contributed by atoms with Crippen molar-refractivity contribution < 1.29 is 30.6 Å². The number of aliphatic hydroxyl groups excluding tert-OH is 6. The molecule has 2 fully saturated rings. The Balaban J connectivity index is 1.88. The van der Waals surface area contributed by atoms with Gasteiger partial charge in [-0.3, -0.25) is 9.80 Å². The molecule has 0 unspecified atom stereocenters. The average molecular weight is 335 g/mol. The summed E-state index contributed by atoms with van der Waals surface area (Å²) in [7, 11) is 3.46. The molecule has 0 aromatic heterocycles. The Morgan fingerprint density at radius 3 is 1.22 bits per heavy atom. The summed E-state index contributed by atoms with van der Waals surface area (Å²) in [4.78, 5) is 3.48. The van der Waals surface area contributed by atoms with Crippen LogP contribution in [0.3, 0.4) is 0 Å². The standard InChI is InChI=1S/C14H29N3O6/c1-16-7(11(20)13(22)9(16)5-18)3-15-4-8-12(21)14(23)10(6-19)17(8)2/h7-15,18-23H,3-6H2,1-2H3/t7-,8-,9-,10-,11-,12-,13-,14-/m1/s1. The molecular weight excluding hydrogens is 306 g/mol. The summed E-state index contributed by atoms with van der Waals surface area (Å²) in [6.07, 6.45) is -3.94. The summed E-state index contributed by atoms with van der Waals surface area (Å²) in [6, 6.07) is -1.72. The summed E-state index contributed by atoms with van der Waals surface area (Å²) >= 11 is 0. The molecule has 9 heteroatoms. The normalized spacial score (nSPS) is 45.9. The van der Waals surface area contributed by atoms with Crippen LogP contribution in [0.2, 0.25) is 0 Å². The Hall–Kier alpha value is -0.360. The van der Waals surface area contributed by atoms with Crippen molar-refractivity contribution >= 4 is 0 Å². The number of rotatable bonds is 6. The van der Waals surface area contributed by atoms with Crippen molar-refractivity contribution in [3.63, 3.8) is 0 Å². The molecule has 2 aliphatic heterocycles. The van der Waals surface area contributed by atoms with E-state index < -0.39 is 36.5 Å². The Kier molecular flexibility index (Phi) is 6.34. The lowest BCUT2D eigenvalue weighted by Gasteiger charge is -2.28. The van der Waals surface area contributed by atoms with Crippen molar-refractivity contribution in [1.29, 1.82) is 0 Å². The molecule has 2 rings (SSSR count). The number of likely N-dealkylation sites (tertiary alicyclic amines) is 2. The highest BCUT2D eigenvalue weighted by atomic mass is 16.3. The number of hydrogen-bond acceptors (Lipinski definition) is 9. The van der Waals surface area contributed by atoms with E-state index in [1.165, 1.54) is 0 Å². The van der Waals surface area contributed by atoms with Gasteiger partial charge in [-0.25, -0.2) is 0 Å². The molecular formula is C14H29N3O6. The molecule has 136 valence electrons. The van der Waals surface area contributed by atoms with Gasteiger partial charge in [-0.05, 0) is 14.1 Å². The Morgan fingerprint density at radius 2 is 0.957 bits per heavy atom. The second-order valence-electron chi connectivity index (χ2n) is 6.59. The zero-order valence-electron chi connectivity index (χ0n) is 13.5. The topological polar surface area (TPSA) is 140 Å². The van der Waals surface area contributed by atoms with Crippen molar-refractivity contribution in [2.24, 2.45) is 0 Å². The molecule has 0 spiro atoms. The smallest absolute Gasteiger partial charge is 0.0992 e. The largest absolute Gasteiger partial charge is 0.395 e. The SMILES string of the molecule is CN1[C@H](CO)[C@@H](O)[C@H](O)[C@H]1CNC[C@@H]1[C@@H](O)[C@H](O)[C@@H](CO)N1C. The third kappa shape index (κ3) is 3.39. The van der Waals surface area contributed by atoms with Gasteiger partial charge in [0.05, 0.1) is 61.8 Å². The quantitative estimate of drug-likeness (QED) is 0.255. The van der Waals surface area contributed by atoms with E-state index in [1.54, 1.807) is 23.9 Å². The van der Waals surface area contributed by atoms with Gasteiger partial charge in [0.1, 0.15) is 0 Å². The summed E-state index contributed by atoms with van der Waals surface area (Å²) in [6.45, 7) is 0.254. The number of nitrogens with zero attached hydrogens (tertiary/aromatic N) is 2. The molecule has 0 bridgehead atoms. The highest BCUT2D eigenvalue weighted by molar-refractivity contribution is 5.02. The fraction of sp³-hybridized carbons (Fsp3) is 1.00. The second kappa shape index (κ2) is 7.68. The number of aliphatic hydroxyl groups is 6. The lowest BCUT2D eigenvalue weighted by molar-refractivity contribution is 0.0166. The molecule has 7 N–H and O–H groups in total. The van der Waals surface area contributed by atoms with Gasteiger partial charge < -0.3 is 36.0 Å². The third-order valence-corrected chi connectivity index (χ3v) is 5.45. The van der Waals surface area contributed by atoms with E-state index in [1.807, 2.05) is 0 Å². The Bertz CT molecular complexity index is 356. The van der Waals surface area contributed by atoms with Crippen molar-refractivity contribution in [3.05, 3.63) is 0 Å². The molecule has 0 aliphatic carbocycles. The van der Waals surface area contributed by atoms with Crippen LogP contribution in [0, 0.1) is 0 Å². The van der Waals surface area contributed by atoms with Crippen LogP contribution in [-0.2, 0) is 0 Å². The minimum absolute atomic E-state index is 0.236. The summed E-state index contributed by atoms with van der Waals surface area (Å²) in [5.74, 6) is 0. The maximum atomic E-state index is 10.1. The molecule has 8 atom stereocenters. The van der Waals surface area contributed by atoms with Crippen molar-refractivity contribution in [3.8, 4) is 0 Å². The van der Waals surface area contributed by atoms with Gasteiger partial charge in [-0.15, -0.1) is 0 Å². The molecule has 0 aromatic rings. The van der Waals surface area contributed by atoms with E-state index in [-0.39, 0.29) is 25.3 Å². The highest BCUT2D eigenvalue weighted by Crippen LogP contribution is 2.24. The zero-order valence-corrected chi connectivity index (χ0v) is 13.5. The summed E-state index contributed by atoms with van der Waals surface area (Å²) in [5.41, 5.74) is 0. The van der Waals surface area contributed by atoms with Gasteiger partial charge in [0, 0.05) is 13.1 Å². The van der Waals surface area contributed by atoms with Crippen molar-refractivity contribution in [2.75, 3.05) is 40.4 Å².